The Bertz CT molecular complexity index is 2750. The highest BCUT2D eigenvalue weighted by molar-refractivity contribution is 5.89. The molecule has 0 saturated heterocycles. The Labute approximate surface area is 325 Å². The SMILES string of the molecule is C1=CC=C(N2c3ccccc3Oc3ccc(-c4ccc(N(c5ccc6ccccc6c5)c5nc(-c6ccccc6)nc(-c6ccccc6)n5)cc4)cc32)CC=C1. The summed E-state index contributed by atoms with van der Waals surface area (Å²) in [5.74, 6) is 3.40. The topological polar surface area (TPSA) is 54.4 Å². The van der Waals surface area contributed by atoms with E-state index in [0.717, 1.165) is 73.7 Å². The van der Waals surface area contributed by atoms with Gasteiger partial charge >= 0.3 is 0 Å². The van der Waals surface area contributed by atoms with Crippen LogP contribution in [0, 0.1) is 0 Å². The van der Waals surface area contributed by atoms with Crippen LogP contribution in [0.2, 0.25) is 0 Å². The summed E-state index contributed by atoms with van der Waals surface area (Å²) < 4.78 is 6.45. The molecule has 0 radical (unpaired) electrons. The van der Waals surface area contributed by atoms with E-state index in [1.165, 1.54) is 5.70 Å². The first-order valence-corrected chi connectivity index (χ1v) is 18.7. The van der Waals surface area contributed by atoms with Crippen LogP contribution in [0.3, 0.4) is 0 Å². The normalized spacial score (nSPS) is 13.0. The third kappa shape index (κ3) is 6.29. The van der Waals surface area contributed by atoms with Crippen molar-refractivity contribution in [2.24, 2.45) is 0 Å². The van der Waals surface area contributed by atoms with Gasteiger partial charge in [0.1, 0.15) is 0 Å². The maximum absolute atomic E-state index is 6.45. The second kappa shape index (κ2) is 14.3. The maximum Gasteiger partial charge on any atom is 0.238 e. The van der Waals surface area contributed by atoms with Crippen molar-refractivity contribution < 1.29 is 4.74 Å². The Hall–Kier alpha value is -7.57. The molecule has 10 rings (SSSR count). The Kier molecular flexibility index (Phi) is 8.46. The van der Waals surface area contributed by atoms with Gasteiger partial charge in [0.2, 0.25) is 5.95 Å². The van der Waals surface area contributed by atoms with Crippen LogP contribution in [0.5, 0.6) is 11.5 Å². The summed E-state index contributed by atoms with van der Waals surface area (Å²) in [6.45, 7) is 0. The van der Waals surface area contributed by atoms with Gasteiger partial charge in [-0.15, -0.1) is 0 Å². The van der Waals surface area contributed by atoms with Crippen molar-refractivity contribution in [2.45, 2.75) is 6.42 Å². The van der Waals surface area contributed by atoms with Crippen LogP contribution in [0.1, 0.15) is 6.42 Å². The van der Waals surface area contributed by atoms with Crippen LogP contribution in [-0.2, 0) is 0 Å². The van der Waals surface area contributed by atoms with Crippen LogP contribution in [-0.4, -0.2) is 15.0 Å². The molecule has 0 fully saturated rings. The number of nitrogens with zero attached hydrogens (tertiary/aromatic N) is 5. The predicted octanol–water partition coefficient (Wildman–Crippen LogP) is 13.1. The van der Waals surface area contributed by atoms with E-state index >= 15 is 0 Å². The largest absolute Gasteiger partial charge is 0.453 e. The molecule has 266 valence electrons. The third-order valence-electron chi connectivity index (χ3n) is 10.1. The lowest BCUT2D eigenvalue weighted by Gasteiger charge is -2.34. The van der Waals surface area contributed by atoms with E-state index in [1.54, 1.807) is 0 Å². The van der Waals surface area contributed by atoms with Crippen molar-refractivity contribution in [2.75, 3.05) is 9.80 Å². The molecule has 7 aromatic carbocycles. The van der Waals surface area contributed by atoms with E-state index in [9.17, 15) is 0 Å². The number of fused-ring (bicyclic) bond motifs is 3. The number of aromatic nitrogens is 3. The van der Waals surface area contributed by atoms with Gasteiger partial charge in [-0.3, -0.25) is 4.90 Å². The molecule has 0 spiro atoms. The van der Waals surface area contributed by atoms with Gasteiger partial charge in [0, 0.05) is 34.6 Å². The third-order valence-corrected chi connectivity index (χ3v) is 10.1. The number of hydrogen-bond acceptors (Lipinski definition) is 6. The number of allylic oxidation sites excluding steroid dienone is 5. The van der Waals surface area contributed by atoms with E-state index < -0.39 is 0 Å². The smallest absolute Gasteiger partial charge is 0.238 e. The standard InChI is InChI=1S/C50H35N5O/c1-2-10-22-41(21-9-1)55-44-23-13-14-24-46(44)56-47-32-28-40(34-45(47)55)36-25-29-42(30-26-36)54(43-31-27-35-15-11-12-20-39(35)33-43)50-52-48(37-16-5-3-6-17-37)51-49(53-50)38-18-7-4-8-19-38/h1-21,23-34H,22H2. The fourth-order valence-electron chi connectivity index (χ4n) is 7.37. The lowest BCUT2D eigenvalue weighted by Crippen LogP contribution is -2.20. The van der Waals surface area contributed by atoms with Crippen LogP contribution in [0.15, 0.2) is 206 Å². The highest BCUT2D eigenvalue weighted by Gasteiger charge is 2.27. The molecule has 6 heteroatoms. The van der Waals surface area contributed by atoms with E-state index in [-0.39, 0.29) is 0 Å². The Morgan fingerprint density at radius 2 is 1.11 bits per heavy atom. The lowest BCUT2D eigenvalue weighted by atomic mass is 10.0. The number of rotatable bonds is 7. The zero-order chi connectivity index (χ0) is 37.3. The molecule has 0 saturated carbocycles. The highest BCUT2D eigenvalue weighted by Crippen LogP contribution is 2.50. The number of anilines is 5. The minimum absolute atomic E-state index is 0.528. The minimum atomic E-state index is 0.528. The lowest BCUT2D eigenvalue weighted by molar-refractivity contribution is 0.475. The van der Waals surface area contributed by atoms with Gasteiger partial charge < -0.3 is 9.64 Å². The Balaban J connectivity index is 1.09. The van der Waals surface area contributed by atoms with Gasteiger partial charge in [0.25, 0.3) is 0 Å². The summed E-state index contributed by atoms with van der Waals surface area (Å²) in [6.07, 6.45) is 11.4. The number of benzene rings is 7. The van der Waals surface area contributed by atoms with E-state index in [1.807, 2.05) is 72.8 Å². The summed E-state index contributed by atoms with van der Waals surface area (Å²) >= 11 is 0. The zero-order valence-corrected chi connectivity index (χ0v) is 30.4. The van der Waals surface area contributed by atoms with Gasteiger partial charge in [-0.05, 0) is 76.5 Å². The van der Waals surface area contributed by atoms with Crippen molar-refractivity contribution in [1.29, 1.82) is 0 Å². The summed E-state index contributed by atoms with van der Waals surface area (Å²) in [4.78, 5) is 19.7. The van der Waals surface area contributed by atoms with Crippen molar-refractivity contribution in [1.82, 2.24) is 15.0 Å². The van der Waals surface area contributed by atoms with Crippen LogP contribution >= 0.6 is 0 Å². The van der Waals surface area contributed by atoms with Gasteiger partial charge in [0.15, 0.2) is 23.1 Å². The number of ether oxygens (including phenoxy) is 1. The molecule has 6 nitrogen and oxygen atoms in total. The van der Waals surface area contributed by atoms with Crippen molar-refractivity contribution in [3.05, 3.63) is 206 Å². The molecule has 1 aromatic heterocycles. The Morgan fingerprint density at radius 1 is 0.464 bits per heavy atom. The second-order valence-corrected chi connectivity index (χ2v) is 13.7. The average molecular weight is 722 g/mol. The van der Waals surface area contributed by atoms with Gasteiger partial charge in [-0.2, -0.15) is 9.97 Å². The van der Waals surface area contributed by atoms with E-state index in [4.69, 9.17) is 19.7 Å². The summed E-state index contributed by atoms with van der Waals surface area (Å²) in [5.41, 5.74) is 9.07. The van der Waals surface area contributed by atoms with Gasteiger partial charge in [0.05, 0.1) is 11.4 Å². The predicted molar refractivity (Wildman–Crippen MR) is 228 cm³/mol. The monoisotopic (exact) mass is 721 g/mol. The zero-order valence-electron chi connectivity index (χ0n) is 30.4. The van der Waals surface area contributed by atoms with E-state index in [0.29, 0.717) is 17.6 Å². The quantitative estimate of drug-likeness (QED) is 0.163. The molecular weight excluding hydrogens is 687 g/mol. The van der Waals surface area contributed by atoms with Crippen LogP contribution in [0.25, 0.3) is 44.7 Å². The molecule has 56 heavy (non-hydrogen) atoms. The first-order chi connectivity index (χ1) is 27.7. The molecule has 2 aliphatic rings. The average Bonchev–Trinajstić information content (AvgIpc) is 3.56. The molecule has 8 aromatic rings. The number of hydrogen-bond donors (Lipinski definition) is 0. The fraction of sp³-hybridized carbons (Fsp3) is 0.0200. The fourth-order valence-corrected chi connectivity index (χ4v) is 7.37. The molecule has 1 aliphatic heterocycles. The maximum atomic E-state index is 6.45. The second-order valence-electron chi connectivity index (χ2n) is 13.7. The van der Waals surface area contributed by atoms with Crippen LogP contribution < -0.4 is 14.5 Å². The van der Waals surface area contributed by atoms with Crippen molar-refractivity contribution in [3.63, 3.8) is 0 Å². The first kappa shape index (κ1) is 33.0. The van der Waals surface area contributed by atoms with Crippen molar-refractivity contribution >= 4 is 39.5 Å². The summed E-state index contributed by atoms with van der Waals surface area (Å²) in [6, 6.07) is 58.3. The summed E-state index contributed by atoms with van der Waals surface area (Å²) in [7, 11) is 0. The van der Waals surface area contributed by atoms with Gasteiger partial charge in [-0.25, -0.2) is 4.98 Å². The molecule has 1 aliphatic carbocycles. The van der Waals surface area contributed by atoms with Crippen molar-refractivity contribution in [3.8, 4) is 45.4 Å². The highest BCUT2D eigenvalue weighted by atomic mass is 16.5. The molecule has 2 heterocycles. The number of para-hydroxylation sites is 2. The van der Waals surface area contributed by atoms with Gasteiger partial charge in [-0.1, -0.05) is 146 Å². The van der Waals surface area contributed by atoms with E-state index in [2.05, 4.69) is 137 Å². The molecule has 0 amide bonds. The molecule has 0 bridgehead atoms. The molecule has 0 N–H and O–H groups in total. The first-order valence-electron chi connectivity index (χ1n) is 18.7. The molecular formula is C50H35N5O. The van der Waals surface area contributed by atoms with Crippen LogP contribution in [0.4, 0.5) is 28.7 Å². The molecule has 0 unspecified atom stereocenters. The molecule has 0 atom stereocenters. The summed E-state index contributed by atoms with van der Waals surface area (Å²) in [5, 5.41) is 2.29. The Morgan fingerprint density at radius 3 is 1.88 bits per heavy atom. The minimum Gasteiger partial charge on any atom is -0.453 e.